The maximum atomic E-state index is 10.7. The molecule has 0 fully saturated rings. The number of aryl methyl sites for hydroxylation is 3. The van der Waals surface area contributed by atoms with Crippen molar-refractivity contribution in [3.63, 3.8) is 0 Å². The Bertz CT molecular complexity index is 322. The Balaban J connectivity index is 3.13. The molecule has 0 saturated heterocycles. The van der Waals surface area contributed by atoms with Gasteiger partial charge in [-0.1, -0.05) is 17.7 Å². The molecule has 70 valence electrons. The number of hydrogen-bond acceptors (Lipinski definition) is 1. The van der Waals surface area contributed by atoms with E-state index in [9.17, 15) is 4.79 Å². The first kappa shape index (κ1) is 9.58. The van der Waals surface area contributed by atoms with Crippen molar-refractivity contribution < 1.29 is 4.79 Å². The molecular formula is C10H14N2O. The molecule has 0 radical (unpaired) electrons. The lowest BCUT2D eigenvalue weighted by molar-refractivity contribution is 0.259. The number of amides is 2. The zero-order valence-electron chi connectivity index (χ0n) is 8.14. The van der Waals surface area contributed by atoms with Crippen molar-refractivity contribution in [2.75, 3.05) is 5.32 Å². The minimum absolute atomic E-state index is 0.518. The van der Waals surface area contributed by atoms with Gasteiger partial charge in [-0.15, -0.1) is 0 Å². The van der Waals surface area contributed by atoms with Crippen LogP contribution in [0, 0.1) is 20.8 Å². The molecule has 0 aliphatic heterocycles. The van der Waals surface area contributed by atoms with Gasteiger partial charge >= 0.3 is 6.03 Å². The fourth-order valence-corrected chi connectivity index (χ4v) is 1.50. The average molecular weight is 178 g/mol. The van der Waals surface area contributed by atoms with Gasteiger partial charge in [-0.25, -0.2) is 4.79 Å². The Labute approximate surface area is 77.9 Å². The summed E-state index contributed by atoms with van der Waals surface area (Å²) in [6.45, 7) is 5.92. The summed E-state index contributed by atoms with van der Waals surface area (Å²) in [6, 6.07) is 3.51. The number of rotatable bonds is 1. The molecule has 0 saturated carbocycles. The molecule has 0 aliphatic carbocycles. The summed E-state index contributed by atoms with van der Waals surface area (Å²) in [6.07, 6.45) is 0. The second-order valence-corrected chi connectivity index (χ2v) is 3.26. The summed E-state index contributed by atoms with van der Waals surface area (Å²) in [7, 11) is 0. The first-order valence-corrected chi connectivity index (χ1v) is 4.15. The van der Waals surface area contributed by atoms with Crippen molar-refractivity contribution in [1.29, 1.82) is 0 Å². The van der Waals surface area contributed by atoms with Crippen molar-refractivity contribution >= 4 is 11.7 Å². The number of urea groups is 1. The zero-order chi connectivity index (χ0) is 10.0. The molecule has 3 N–H and O–H groups in total. The van der Waals surface area contributed by atoms with Crippen molar-refractivity contribution in [3.8, 4) is 0 Å². The summed E-state index contributed by atoms with van der Waals surface area (Å²) in [4.78, 5) is 10.7. The third-order valence-corrected chi connectivity index (χ3v) is 1.93. The number of carbonyl (C=O) groups is 1. The maximum Gasteiger partial charge on any atom is 0.316 e. The van der Waals surface area contributed by atoms with Crippen LogP contribution in [0.1, 0.15) is 16.7 Å². The van der Waals surface area contributed by atoms with Crippen LogP contribution in [0.25, 0.3) is 0 Å². The van der Waals surface area contributed by atoms with Gasteiger partial charge in [0.05, 0.1) is 0 Å². The monoisotopic (exact) mass is 178 g/mol. The Kier molecular flexibility index (Phi) is 2.56. The lowest BCUT2D eigenvalue weighted by Crippen LogP contribution is -2.20. The Hall–Kier alpha value is -1.51. The summed E-state index contributed by atoms with van der Waals surface area (Å²) < 4.78 is 0. The third kappa shape index (κ3) is 2.21. The fraction of sp³-hybridized carbons (Fsp3) is 0.300. The van der Waals surface area contributed by atoms with E-state index in [-0.39, 0.29) is 0 Å². The van der Waals surface area contributed by atoms with Gasteiger partial charge in [-0.2, -0.15) is 0 Å². The molecule has 0 atom stereocenters. The van der Waals surface area contributed by atoms with Gasteiger partial charge in [0.1, 0.15) is 0 Å². The van der Waals surface area contributed by atoms with E-state index in [1.165, 1.54) is 5.56 Å². The normalized spacial score (nSPS) is 9.77. The largest absolute Gasteiger partial charge is 0.351 e. The predicted molar refractivity (Wildman–Crippen MR) is 53.9 cm³/mol. The number of nitrogens with one attached hydrogen (secondary N) is 1. The molecular weight excluding hydrogens is 164 g/mol. The Morgan fingerprint density at radius 3 is 2.08 bits per heavy atom. The standard InChI is InChI=1S/C10H14N2O/c1-6-4-7(2)9(8(3)5-6)12-10(11)13/h4-5H,1-3H3,(H3,11,12,13). The molecule has 0 spiro atoms. The topological polar surface area (TPSA) is 55.1 Å². The number of hydrogen-bond donors (Lipinski definition) is 2. The molecule has 0 bridgehead atoms. The minimum Gasteiger partial charge on any atom is -0.351 e. The number of primary amides is 1. The smallest absolute Gasteiger partial charge is 0.316 e. The molecule has 1 rings (SSSR count). The Morgan fingerprint density at radius 2 is 1.69 bits per heavy atom. The van der Waals surface area contributed by atoms with Crippen LogP contribution in [0.2, 0.25) is 0 Å². The highest BCUT2D eigenvalue weighted by Gasteiger charge is 2.04. The predicted octanol–water partition coefficient (Wildman–Crippen LogP) is 2.10. The van der Waals surface area contributed by atoms with Gasteiger partial charge in [-0.05, 0) is 31.9 Å². The Morgan fingerprint density at radius 1 is 1.23 bits per heavy atom. The number of benzene rings is 1. The number of carbonyl (C=O) groups excluding carboxylic acids is 1. The lowest BCUT2D eigenvalue weighted by atomic mass is 10.1. The molecule has 0 aliphatic rings. The highest BCUT2D eigenvalue weighted by molar-refractivity contribution is 5.89. The van der Waals surface area contributed by atoms with E-state index in [0.717, 1.165) is 16.8 Å². The second kappa shape index (κ2) is 3.47. The van der Waals surface area contributed by atoms with Crippen LogP contribution in [0.5, 0.6) is 0 Å². The number of nitrogens with two attached hydrogens (primary N) is 1. The van der Waals surface area contributed by atoms with Crippen LogP contribution in [-0.4, -0.2) is 6.03 Å². The van der Waals surface area contributed by atoms with Crippen LogP contribution < -0.4 is 11.1 Å². The minimum atomic E-state index is -0.518. The van der Waals surface area contributed by atoms with Crippen LogP contribution in [0.15, 0.2) is 12.1 Å². The van der Waals surface area contributed by atoms with E-state index in [1.54, 1.807) is 0 Å². The SMILES string of the molecule is Cc1cc(C)c(NC(N)=O)c(C)c1. The third-order valence-electron chi connectivity index (χ3n) is 1.93. The van der Waals surface area contributed by atoms with E-state index < -0.39 is 6.03 Å². The lowest BCUT2D eigenvalue weighted by Gasteiger charge is -2.10. The van der Waals surface area contributed by atoms with Crippen molar-refractivity contribution in [1.82, 2.24) is 0 Å². The molecule has 3 heteroatoms. The molecule has 1 aromatic carbocycles. The molecule has 3 nitrogen and oxygen atoms in total. The van der Waals surface area contributed by atoms with E-state index in [0.29, 0.717) is 0 Å². The van der Waals surface area contributed by atoms with E-state index in [1.807, 2.05) is 32.9 Å². The van der Waals surface area contributed by atoms with Crippen LogP contribution >= 0.6 is 0 Å². The molecule has 0 unspecified atom stereocenters. The highest BCUT2D eigenvalue weighted by atomic mass is 16.2. The summed E-state index contributed by atoms with van der Waals surface area (Å²) in [5.74, 6) is 0. The van der Waals surface area contributed by atoms with Gasteiger partial charge < -0.3 is 11.1 Å². The summed E-state index contributed by atoms with van der Waals surface area (Å²) >= 11 is 0. The molecule has 1 aromatic rings. The van der Waals surface area contributed by atoms with Crippen molar-refractivity contribution in [2.24, 2.45) is 5.73 Å². The van der Waals surface area contributed by atoms with Gasteiger partial charge in [0.15, 0.2) is 0 Å². The average Bonchev–Trinajstić information content (AvgIpc) is 1.96. The second-order valence-electron chi connectivity index (χ2n) is 3.26. The van der Waals surface area contributed by atoms with Gasteiger partial charge in [-0.3, -0.25) is 0 Å². The first-order chi connectivity index (χ1) is 6.00. The van der Waals surface area contributed by atoms with Crippen molar-refractivity contribution in [2.45, 2.75) is 20.8 Å². The fourth-order valence-electron chi connectivity index (χ4n) is 1.50. The van der Waals surface area contributed by atoms with E-state index in [4.69, 9.17) is 5.73 Å². The molecule has 2 amide bonds. The van der Waals surface area contributed by atoms with E-state index in [2.05, 4.69) is 5.32 Å². The zero-order valence-corrected chi connectivity index (χ0v) is 8.14. The molecule has 0 heterocycles. The summed E-state index contributed by atoms with van der Waals surface area (Å²) in [5, 5.41) is 2.61. The summed E-state index contributed by atoms with van der Waals surface area (Å²) in [5.41, 5.74) is 9.13. The van der Waals surface area contributed by atoms with Gasteiger partial charge in [0.2, 0.25) is 0 Å². The van der Waals surface area contributed by atoms with Gasteiger partial charge in [0, 0.05) is 5.69 Å². The van der Waals surface area contributed by atoms with Gasteiger partial charge in [0.25, 0.3) is 0 Å². The first-order valence-electron chi connectivity index (χ1n) is 4.15. The molecule has 0 aromatic heterocycles. The van der Waals surface area contributed by atoms with Crippen molar-refractivity contribution in [3.05, 3.63) is 28.8 Å². The van der Waals surface area contributed by atoms with E-state index >= 15 is 0 Å². The van der Waals surface area contributed by atoms with Crippen LogP contribution in [-0.2, 0) is 0 Å². The number of anilines is 1. The van der Waals surface area contributed by atoms with Crippen LogP contribution in [0.3, 0.4) is 0 Å². The molecule has 13 heavy (non-hydrogen) atoms. The quantitative estimate of drug-likeness (QED) is 0.679. The van der Waals surface area contributed by atoms with Crippen LogP contribution in [0.4, 0.5) is 10.5 Å². The highest BCUT2D eigenvalue weighted by Crippen LogP contribution is 2.21. The maximum absolute atomic E-state index is 10.7.